The Morgan fingerprint density at radius 1 is 1.39 bits per heavy atom. The van der Waals surface area contributed by atoms with Crippen LogP contribution in [0.5, 0.6) is 0 Å². The predicted octanol–water partition coefficient (Wildman–Crippen LogP) is 1.21. The number of aromatic nitrogens is 1. The van der Waals surface area contributed by atoms with Gasteiger partial charge in [0, 0.05) is 18.3 Å². The number of nitrogens with one attached hydrogen (secondary N) is 1. The maximum atomic E-state index is 12.7. The van der Waals surface area contributed by atoms with Gasteiger partial charge < -0.3 is 14.6 Å². The van der Waals surface area contributed by atoms with Gasteiger partial charge in [0.2, 0.25) is 5.91 Å². The summed E-state index contributed by atoms with van der Waals surface area (Å²) in [6.07, 6.45) is 2.61. The molecule has 0 bridgehead atoms. The molecule has 0 spiro atoms. The molecule has 0 saturated carbocycles. The van der Waals surface area contributed by atoms with E-state index >= 15 is 0 Å². The minimum absolute atomic E-state index is 0.0776. The number of carbonyl (C=O) groups is 1. The maximum Gasteiger partial charge on any atom is 0.239 e. The molecule has 1 aromatic heterocycles. The Morgan fingerprint density at radius 3 is 2.71 bits per heavy atom. The topological polar surface area (TPSA) is 104 Å². The number of carbonyl (C=O) groups excluding carboxylic acids is 1. The molecule has 28 heavy (non-hydrogen) atoms. The summed E-state index contributed by atoms with van der Waals surface area (Å²) in [6.45, 7) is 5.24. The van der Waals surface area contributed by atoms with Gasteiger partial charge in [-0.3, -0.25) is 9.69 Å². The van der Waals surface area contributed by atoms with Crippen LogP contribution in [0.4, 0.5) is 5.82 Å². The number of hydrogen-bond acceptors (Lipinski definition) is 6. The van der Waals surface area contributed by atoms with Crippen LogP contribution in [0.1, 0.15) is 36.1 Å². The van der Waals surface area contributed by atoms with Crippen LogP contribution in [-0.4, -0.2) is 67.6 Å². The molecule has 0 aromatic carbocycles. The Bertz CT molecular complexity index is 894. The van der Waals surface area contributed by atoms with Crippen molar-refractivity contribution in [1.29, 1.82) is 5.26 Å². The van der Waals surface area contributed by atoms with E-state index in [2.05, 4.69) is 11.4 Å². The van der Waals surface area contributed by atoms with Gasteiger partial charge in [-0.1, -0.05) is 0 Å². The van der Waals surface area contributed by atoms with E-state index < -0.39 is 9.84 Å². The normalized spacial score (nSPS) is 23.8. The van der Waals surface area contributed by atoms with Gasteiger partial charge in [0.25, 0.3) is 0 Å². The van der Waals surface area contributed by atoms with Crippen molar-refractivity contribution in [2.45, 2.75) is 51.8 Å². The number of ether oxygens (including phenoxy) is 1. The van der Waals surface area contributed by atoms with Crippen molar-refractivity contribution in [2.75, 3.05) is 37.0 Å². The quantitative estimate of drug-likeness (QED) is 0.759. The van der Waals surface area contributed by atoms with Crippen LogP contribution in [0.3, 0.4) is 0 Å². The average Bonchev–Trinajstić information content (AvgIpc) is 3.31. The fourth-order valence-electron chi connectivity index (χ4n) is 4.00. The van der Waals surface area contributed by atoms with Crippen molar-refractivity contribution in [1.82, 2.24) is 9.47 Å². The van der Waals surface area contributed by atoms with Gasteiger partial charge in [-0.15, -0.1) is 0 Å². The van der Waals surface area contributed by atoms with Crippen LogP contribution >= 0.6 is 0 Å². The first-order valence-corrected chi connectivity index (χ1v) is 11.5. The second-order valence-electron chi connectivity index (χ2n) is 7.81. The maximum absolute atomic E-state index is 12.7. The third kappa shape index (κ3) is 4.40. The van der Waals surface area contributed by atoms with Gasteiger partial charge >= 0.3 is 0 Å². The van der Waals surface area contributed by atoms with E-state index in [1.165, 1.54) is 0 Å². The number of rotatable bonds is 6. The number of likely N-dealkylation sites (N-methyl/N-ethyl adjacent to an activating group) is 1. The van der Waals surface area contributed by atoms with Crippen molar-refractivity contribution >= 4 is 21.6 Å². The van der Waals surface area contributed by atoms with Crippen LogP contribution in [0.2, 0.25) is 0 Å². The number of hydrogen-bond donors (Lipinski definition) is 1. The van der Waals surface area contributed by atoms with Crippen LogP contribution in [0.15, 0.2) is 0 Å². The van der Waals surface area contributed by atoms with Crippen molar-refractivity contribution in [3.63, 3.8) is 0 Å². The van der Waals surface area contributed by atoms with Crippen molar-refractivity contribution in [3.05, 3.63) is 16.8 Å². The minimum atomic E-state index is -3.00. The highest BCUT2D eigenvalue weighted by Gasteiger charge is 2.31. The van der Waals surface area contributed by atoms with Crippen molar-refractivity contribution < 1.29 is 17.9 Å². The minimum Gasteiger partial charge on any atom is -0.376 e. The smallest absolute Gasteiger partial charge is 0.239 e. The molecule has 2 aliphatic heterocycles. The van der Waals surface area contributed by atoms with Gasteiger partial charge in [0.15, 0.2) is 9.84 Å². The van der Waals surface area contributed by atoms with Crippen molar-refractivity contribution in [3.8, 4) is 6.07 Å². The summed E-state index contributed by atoms with van der Waals surface area (Å²) >= 11 is 0. The zero-order valence-corrected chi connectivity index (χ0v) is 17.5. The highest BCUT2D eigenvalue weighted by molar-refractivity contribution is 7.91. The summed E-state index contributed by atoms with van der Waals surface area (Å²) in [5, 5.41) is 12.5. The Labute approximate surface area is 166 Å². The lowest BCUT2D eigenvalue weighted by atomic mass is 10.2. The molecule has 8 nitrogen and oxygen atoms in total. The summed E-state index contributed by atoms with van der Waals surface area (Å²) in [7, 11) is -1.24. The lowest BCUT2D eigenvalue weighted by Gasteiger charge is -2.23. The fraction of sp³-hybridized carbons (Fsp3) is 0.684. The highest BCUT2D eigenvalue weighted by Crippen LogP contribution is 2.28. The molecular weight excluding hydrogens is 380 g/mol. The summed E-state index contributed by atoms with van der Waals surface area (Å²) in [5.74, 6) is 0.512. The lowest BCUT2D eigenvalue weighted by Crippen LogP contribution is -2.39. The Balaban J connectivity index is 1.74. The monoisotopic (exact) mass is 408 g/mol. The molecule has 0 aliphatic carbocycles. The van der Waals surface area contributed by atoms with E-state index in [-0.39, 0.29) is 36.1 Å². The second kappa shape index (κ2) is 8.23. The van der Waals surface area contributed by atoms with Crippen LogP contribution in [0, 0.1) is 25.2 Å². The third-order valence-corrected chi connectivity index (χ3v) is 7.58. The van der Waals surface area contributed by atoms with Gasteiger partial charge in [0.05, 0.1) is 36.3 Å². The van der Waals surface area contributed by atoms with Crippen LogP contribution in [-0.2, 0) is 25.9 Å². The SMILES string of the molecule is Cc1c(C#N)c(NC(=O)CN(C)C2CCS(=O)(=O)C2)n(CC2CCCO2)c1C. The van der Waals surface area contributed by atoms with Crippen LogP contribution < -0.4 is 5.32 Å². The zero-order valence-electron chi connectivity index (χ0n) is 16.7. The lowest BCUT2D eigenvalue weighted by molar-refractivity contribution is -0.117. The Kier molecular flexibility index (Phi) is 6.12. The fourth-order valence-corrected chi connectivity index (χ4v) is 5.81. The molecule has 9 heteroatoms. The zero-order chi connectivity index (χ0) is 20.5. The molecule has 2 aliphatic rings. The third-order valence-electron chi connectivity index (χ3n) is 5.83. The number of amides is 1. The molecule has 2 unspecified atom stereocenters. The molecular formula is C19H28N4O4S. The first-order valence-electron chi connectivity index (χ1n) is 9.63. The molecule has 1 N–H and O–H groups in total. The molecule has 1 aromatic rings. The van der Waals surface area contributed by atoms with E-state index in [9.17, 15) is 18.5 Å². The molecule has 154 valence electrons. The number of sulfone groups is 1. The summed E-state index contributed by atoms with van der Waals surface area (Å²) < 4.78 is 31.0. The van der Waals surface area contributed by atoms with Gasteiger partial charge in [-0.2, -0.15) is 5.26 Å². The molecule has 1 amide bonds. The molecule has 3 rings (SSSR count). The van der Waals surface area contributed by atoms with E-state index in [0.29, 0.717) is 24.3 Å². The van der Waals surface area contributed by atoms with Gasteiger partial charge in [0.1, 0.15) is 11.9 Å². The standard InChI is InChI=1S/C19H28N4O4S/c1-13-14(2)23(10-16-5-4-7-27-16)19(17(13)9-20)21-18(24)11-22(3)15-6-8-28(25,26)12-15/h15-16H,4-8,10-12H2,1-3H3,(H,21,24). The molecule has 2 atom stereocenters. The Hall–Kier alpha value is -1.89. The average molecular weight is 409 g/mol. The van der Waals surface area contributed by atoms with Gasteiger partial charge in [-0.25, -0.2) is 8.42 Å². The van der Waals surface area contributed by atoms with E-state index in [1.807, 2.05) is 18.4 Å². The number of nitriles is 1. The number of nitrogens with zero attached hydrogens (tertiary/aromatic N) is 3. The first-order chi connectivity index (χ1) is 13.2. The van der Waals surface area contributed by atoms with Crippen molar-refractivity contribution in [2.24, 2.45) is 0 Å². The largest absolute Gasteiger partial charge is 0.376 e. The summed E-state index contributed by atoms with van der Waals surface area (Å²) in [5.41, 5.74) is 2.26. The predicted molar refractivity (Wildman–Crippen MR) is 106 cm³/mol. The Morgan fingerprint density at radius 2 is 2.14 bits per heavy atom. The van der Waals surface area contributed by atoms with Crippen LogP contribution in [0.25, 0.3) is 0 Å². The molecule has 2 fully saturated rings. The van der Waals surface area contributed by atoms with E-state index in [4.69, 9.17) is 4.74 Å². The van der Waals surface area contributed by atoms with Gasteiger partial charge in [-0.05, 0) is 45.7 Å². The van der Waals surface area contributed by atoms with E-state index in [1.54, 1.807) is 11.9 Å². The second-order valence-corrected chi connectivity index (χ2v) is 10.0. The number of anilines is 1. The first kappa shape index (κ1) is 20.8. The molecule has 3 heterocycles. The summed E-state index contributed by atoms with van der Waals surface area (Å²) in [4.78, 5) is 14.4. The molecule has 0 radical (unpaired) electrons. The highest BCUT2D eigenvalue weighted by atomic mass is 32.2. The summed E-state index contributed by atoms with van der Waals surface area (Å²) in [6, 6.07) is 2.06. The molecule has 2 saturated heterocycles. The van der Waals surface area contributed by atoms with E-state index in [0.717, 1.165) is 30.7 Å².